The Bertz CT molecular complexity index is 617. The van der Waals surface area contributed by atoms with Crippen molar-refractivity contribution in [2.24, 2.45) is 0 Å². The first kappa shape index (κ1) is 20.8. The van der Waals surface area contributed by atoms with Crippen LogP contribution in [0.3, 0.4) is 0 Å². The molecule has 0 aliphatic carbocycles. The molecular weight excluding hydrogens is 384 g/mol. The molecule has 3 rings (SSSR count). The van der Waals surface area contributed by atoms with Gasteiger partial charge in [-0.25, -0.2) is 0 Å². The molecule has 0 spiro atoms. The van der Waals surface area contributed by atoms with Crippen LogP contribution in [0.25, 0.3) is 0 Å². The Morgan fingerprint density at radius 3 is 2.67 bits per heavy atom. The van der Waals surface area contributed by atoms with E-state index in [-0.39, 0.29) is 12.0 Å². The van der Waals surface area contributed by atoms with E-state index in [9.17, 15) is 4.79 Å². The first-order chi connectivity index (χ1) is 13.2. The van der Waals surface area contributed by atoms with Gasteiger partial charge in [0.2, 0.25) is 0 Å². The van der Waals surface area contributed by atoms with Crippen LogP contribution in [-0.4, -0.2) is 67.8 Å². The van der Waals surface area contributed by atoms with Gasteiger partial charge in [0, 0.05) is 38.3 Å². The van der Waals surface area contributed by atoms with E-state index < -0.39 is 0 Å². The van der Waals surface area contributed by atoms with Crippen LogP contribution in [0.1, 0.15) is 36.0 Å². The number of amides is 1. The van der Waals surface area contributed by atoms with Crippen LogP contribution in [-0.2, 0) is 4.74 Å². The van der Waals surface area contributed by atoms with Gasteiger partial charge in [-0.2, -0.15) is 11.8 Å². The average molecular weight is 413 g/mol. The van der Waals surface area contributed by atoms with Crippen LogP contribution < -0.4 is 10.1 Å². The third-order valence-electron chi connectivity index (χ3n) is 5.26. The van der Waals surface area contributed by atoms with Crippen molar-refractivity contribution in [2.75, 3.05) is 44.9 Å². The van der Waals surface area contributed by atoms with Gasteiger partial charge in [0.1, 0.15) is 11.9 Å². The van der Waals surface area contributed by atoms with E-state index in [0.29, 0.717) is 29.5 Å². The van der Waals surface area contributed by atoms with Crippen molar-refractivity contribution >= 4 is 29.3 Å². The minimum absolute atomic E-state index is 0.153. The van der Waals surface area contributed by atoms with Crippen molar-refractivity contribution in [1.82, 2.24) is 10.2 Å². The van der Waals surface area contributed by atoms with Crippen LogP contribution in [0.2, 0.25) is 5.02 Å². The lowest BCUT2D eigenvalue weighted by atomic mass is 10.0. The second kappa shape index (κ2) is 10.6. The molecular formula is C20H29ClN2O3S. The summed E-state index contributed by atoms with van der Waals surface area (Å²) in [4.78, 5) is 14.7. The fourth-order valence-electron chi connectivity index (χ4n) is 3.69. The van der Waals surface area contributed by atoms with E-state index in [1.165, 1.54) is 24.3 Å². The zero-order valence-corrected chi connectivity index (χ0v) is 17.5. The molecule has 1 aromatic rings. The maximum absolute atomic E-state index is 12.1. The molecule has 0 bridgehead atoms. The second-order valence-corrected chi connectivity index (χ2v) is 8.72. The summed E-state index contributed by atoms with van der Waals surface area (Å²) >= 11 is 8.44. The molecule has 5 nitrogen and oxygen atoms in total. The summed E-state index contributed by atoms with van der Waals surface area (Å²) in [5.41, 5.74) is 0.536. The zero-order valence-electron chi connectivity index (χ0n) is 15.9. The smallest absolute Gasteiger partial charge is 0.251 e. The highest BCUT2D eigenvalue weighted by Gasteiger charge is 2.27. The van der Waals surface area contributed by atoms with Gasteiger partial charge in [-0.3, -0.25) is 4.79 Å². The second-order valence-electron chi connectivity index (χ2n) is 7.09. The molecule has 0 unspecified atom stereocenters. The van der Waals surface area contributed by atoms with E-state index >= 15 is 0 Å². The maximum atomic E-state index is 12.1. The van der Waals surface area contributed by atoms with Crippen molar-refractivity contribution in [3.05, 3.63) is 28.8 Å². The standard InChI is InChI=1S/C20H29ClN2O3S/c1-25-11-8-22-20(24)15-2-3-19(18(21)14-15)26-17-4-9-23(10-5-17)16-6-12-27-13-7-16/h2-3,14,16-17H,4-13H2,1H3,(H,22,24). The monoisotopic (exact) mass is 412 g/mol. The summed E-state index contributed by atoms with van der Waals surface area (Å²) in [6.45, 7) is 3.15. The summed E-state index contributed by atoms with van der Waals surface area (Å²) in [6, 6.07) is 6.00. The highest BCUT2D eigenvalue weighted by atomic mass is 35.5. The minimum atomic E-state index is -0.153. The first-order valence-electron chi connectivity index (χ1n) is 9.72. The lowest BCUT2D eigenvalue weighted by Crippen LogP contribution is -2.45. The third kappa shape index (κ3) is 6.01. The number of rotatable bonds is 7. The lowest BCUT2D eigenvalue weighted by Gasteiger charge is -2.39. The van der Waals surface area contributed by atoms with Crippen LogP contribution >= 0.6 is 23.4 Å². The van der Waals surface area contributed by atoms with Crippen molar-refractivity contribution in [1.29, 1.82) is 0 Å². The van der Waals surface area contributed by atoms with Gasteiger partial charge in [0.15, 0.2) is 0 Å². The molecule has 2 aliphatic rings. The number of nitrogens with zero attached hydrogens (tertiary/aromatic N) is 1. The molecule has 150 valence electrons. The van der Waals surface area contributed by atoms with Crippen LogP contribution in [0.4, 0.5) is 0 Å². The number of thioether (sulfide) groups is 1. The molecule has 1 amide bonds. The van der Waals surface area contributed by atoms with Crippen molar-refractivity contribution in [2.45, 2.75) is 37.8 Å². The molecule has 0 aromatic heterocycles. The van der Waals surface area contributed by atoms with Gasteiger partial charge >= 0.3 is 0 Å². The molecule has 7 heteroatoms. The predicted octanol–water partition coefficient (Wildman–Crippen LogP) is 3.46. The predicted molar refractivity (Wildman–Crippen MR) is 111 cm³/mol. The Kier molecular flexibility index (Phi) is 8.12. The van der Waals surface area contributed by atoms with E-state index in [1.54, 1.807) is 25.3 Å². The van der Waals surface area contributed by atoms with Crippen LogP contribution in [0.5, 0.6) is 5.75 Å². The Morgan fingerprint density at radius 2 is 2.00 bits per heavy atom. The number of methoxy groups -OCH3 is 1. The van der Waals surface area contributed by atoms with Gasteiger partial charge < -0.3 is 19.7 Å². The van der Waals surface area contributed by atoms with Gasteiger partial charge in [-0.1, -0.05) is 11.6 Å². The number of carbonyl (C=O) groups is 1. The molecule has 0 radical (unpaired) electrons. The summed E-state index contributed by atoms with van der Waals surface area (Å²) in [6.07, 6.45) is 4.88. The van der Waals surface area contributed by atoms with Crippen molar-refractivity contribution in [3.8, 4) is 5.75 Å². The van der Waals surface area contributed by atoms with E-state index in [4.69, 9.17) is 21.1 Å². The average Bonchev–Trinajstić information content (AvgIpc) is 2.71. The minimum Gasteiger partial charge on any atom is -0.489 e. The van der Waals surface area contributed by atoms with Gasteiger partial charge in [0.05, 0.1) is 11.6 Å². The molecule has 0 saturated carbocycles. The summed E-state index contributed by atoms with van der Waals surface area (Å²) in [5.74, 6) is 3.10. The Morgan fingerprint density at radius 1 is 1.26 bits per heavy atom. The van der Waals surface area contributed by atoms with E-state index in [1.807, 2.05) is 0 Å². The molecule has 0 atom stereocenters. The molecule has 2 fully saturated rings. The quantitative estimate of drug-likeness (QED) is 0.695. The first-order valence-corrected chi connectivity index (χ1v) is 11.3. The molecule has 1 aromatic carbocycles. The molecule has 1 N–H and O–H groups in total. The maximum Gasteiger partial charge on any atom is 0.251 e. The Labute approximate surface area is 171 Å². The fraction of sp³-hybridized carbons (Fsp3) is 0.650. The van der Waals surface area contributed by atoms with Crippen molar-refractivity contribution in [3.63, 3.8) is 0 Å². The normalized spacial score (nSPS) is 19.8. The lowest BCUT2D eigenvalue weighted by molar-refractivity contribution is 0.0726. The SMILES string of the molecule is COCCNC(=O)c1ccc(OC2CCN(C3CCSCC3)CC2)c(Cl)c1. The van der Waals surface area contributed by atoms with Gasteiger partial charge in [0.25, 0.3) is 5.91 Å². The van der Waals surface area contributed by atoms with E-state index in [0.717, 1.165) is 32.0 Å². The summed E-state index contributed by atoms with van der Waals surface area (Å²) < 4.78 is 11.1. The van der Waals surface area contributed by atoms with E-state index in [2.05, 4.69) is 22.0 Å². The summed E-state index contributed by atoms with van der Waals surface area (Å²) in [5, 5.41) is 3.28. The number of piperidine rings is 1. The number of nitrogens with one attached hydrogen (secondary N) is 1. The number of hydrogen-bond donors (Lipinski definition) is 1. The summed E-state index contributed by atoms with van der Waals surface area (Å²) in [7, 11) is 1.61. The number of benzene rings is 1. The van der Waals surface area contributed by atoms with Gasteiger partial charge in [-0.15, -0.1) is 0 Å². The molecule has 2 saturated heterocycles. The Hall–Kier alpha value is -0.950. The van der Waals surface area contributed by atoms with Gasteiger partial charge in [-0.05, 0) is 55.4 Å². The third-order valence-corrected chi connectivity index (χ3v) is 6.61. The number of halogens is 1. The number of hydrogen-bond acceptors (Lipinski definition) is 5. The van der Waals surface area contributed by atoms with Crippen LogP contribution in [0, 0.1) is 0 Å². The molecule has 2 aliphatic heterocycles. The van der Waals surface area contributed by atoms with Crippen molar-refractivity contribution < 1.29 is 14.3 Å². The highest BCUT2D eigenvalue weighted by Crippen LogP contribution is 2.30. The number of likely N-dealkylation sites (tertiary alicyclic amines) is 1. The molecule has 2 heterocycles. The zero-order chi connectivity index (χ0) is 19.1. The largest absolute Gasteiger partial charge is 0.489 e. The highest BCUT2D eigenvalue weighted by molar-refractivity contribution is 7.99. The molecule has 27 heavy (non-hydrogen) atoms. The fourth-order valence-corrected chi connectivity index (χ4v) is 5.00. The van der Waals surface area contributed by atoms with Crippen LogP contribution in [0.15, 0.2) is 18.2 Å². The Balaban J connectivity index is 1.48. The number of carbonyl (C=O) groups excluding carboxylic acids is 1. The number of ether oxygens (including phenoxy) is 2. The topological polar surface area (TPSA) is 50.8 Å².